The first kappa shape index (κ1) is 19.7. The maximum absolute atomic E-state index is 13.2. The van der Waals surface area contributed by atoms with Crippen molar-refractivity contribution in [2.75, 3.05) is 19.6 Å². The number of nitrogens with two attached hydrogens (primary N) is 1. The maximum Gasteiger partial charge on any atom is 0.416 e. The lowest BCUT2D eigenvalue weighted by molar-refractivity contribution is -0.139. The number of nitrogens with one attached hydrogen (secondary N) is 2. The van der Waals surface area contributed by atoms with Gasteiger partial charge >= 0.3 is 6.18 Å². The third-order valence-electron chi connectivity index (χ3n) is 3.98. The molecule has 26 heavy (non-hydrogen) atoms. The van der Waals surface area contributed by atoms with Crippen molar-refractivity contribution in [3.63, 3.8) is 0 Å². The second-order valence-electron chi connectivity index (χ2n) is 5.88. The summed E-state index contributed by atoms with van der Waals surface area (Å²) in [6, 6.07) is 4.18. The van der Waals surface area contributed by atoms with E-state index in [1.54, 1.807) is 0 Å². The number of benzene rings is 1. The van der Waals surface area contributed by atoms with Crippen molar-refractivity contribution in [2.24, 2.45) is 5.73 Å². The maximum atomic E-state index is 13.2. The second-order valence-corrected chi connectivity index (χ2v) is 5.88. The zero-order valence-electron chi connectivity index (χ0n) is 13.8. The van der Waals surface area contributed by atoms with E-state index in [-0.39, 0.29) is 31.6 Å². The first-order valence-corrected chi connectivity index (χ1v) is 7.90. The predicted octanol–water partition coefficient (Wildman–Crippen LogP) is -0.00260. The van der Waals surface area contributed by atoms with Crippen LogP contribution in [0.3, 0.4) is 0 Å². The highest BCUT2D eigenvalue weighted by molar-refractivity contribution is 5.90. The largest absolute Gasteiger partial charge is 0.416 e. The Labute approximate surface area is 147 Å². The molecule has 0 saturated carbocycles. The van der Waals surface area contributed by atoms with E-state index in [2.05, 4.69) is 10.6 Å². The van der Waals surface area contributed by atoms with Crippen LogP contribution >= 0.6 is 0 Å². The molecule has 3 amide bonds. The van der Waals surface area contributed by atoms with Crippen molar-refractivity contribution in [3.8, 4) is 0 Å². The van der Waals surface area contributed by atoms with E-state index < -0.39 is 35.5 Å². The zero-order chi connectivity index (χ0) is 19.3. The quantitative estimate of drug-likeness (QED) is 0.654. The Balaban J connectivity index is 2.15. The van der Waals surface area contributed by atoms with Gasteiger partial charge in [0.1, 0.15) is 0 Å². The van der Waals surface area contributed by atoms with Gasteiger partial charge in [-0.3, -0.25) is 19.3 Å². The fourth-order valence-corrected chi connectivity index (χ4v) is 2.76. The van der Waals surface area contributed by atoms with E-state index in [4.69, 9.17) is 5.73 Å². The number of halogens is 3. The van der Waals surface area contributed by atoms with Crippen LogP contribution in [0.15, 0.2) is 24.3 Å². The first-order chi connectivity index (χ1) is 12.2. The number of piperazine rings is 1. The lowest BCUT2D eigenvalue weighted by atomic mass is 10.0. The van der Waals surface area contributed by atoms with Crippen molar-refractivity contribution in [1.82, 2.24) is 15.5 Å². The zero-order valence-corrected chi connectivity index (χ0v) is 13.8. The SMILES string of the molecule is NC(=O)CNC(=O)C[C@H]1C(=O)NCCN1Cc1ccccc1C(F)(F)F. The number of hydrogen-bond acceptors (Lipinski definition) is 4. The summed E-state index contributed by atoms with van der Waals surface area (Å²) < 4.78 is 39.5. The Bertz CT molecular complexity index is 694. The third kappa shape index (κ3) is 5.19. The summed E-state index contributed by atoms with van der Waals surface area (Å²) in [4.78, 5) is 36.2. The minimum atomic E-state index is -4.51. The second kappa shape index (κ2) is 8.17. The molecule has 0 aliphatic carbocycles. The molecule has 1 saturated heterocycles. The Kier molecular flexibility index (Phi) is 6.19. The monoisotopic (exact) mass is 372 g/mol. The summed E-state index contributed by atoms with van der Waals surface area (Å²) in [5.41, 5.74) is 4.19. The highest BCUT2D eigenvalue weighted by atomic mass is 19.4. The molecule has 7 nitrogen and oxygen atoms in total. The van der Waals surface area contributed by atoms with Gasteiger partial charge < -0.3 is 16.4 Å². The molecule has 0 bridgehead atoms. The molecule has 1 atom stereocenters. The molecule has 0 aromatic heterocycles. The normalized spacial score (nSPS) is 18.3. The fourth-order valence-electron chi connectivity index (χ4n) is 2.76. The highest BCUT2D eigenvalue weighted by Gasteiger charge is 2.36. The molecule has 142 valence electrons. The van der Waals surface area contributed by atoms with Crippen molar-refractivity contribution < 1.29 is 27.6 Å². The van der Waals surface area contributed by atoms with Crippen molar-refractivity contribution in [1.29, 1.82) is 0 Å². The summed E-state index contributed by atoms with van der Waals surface area (Å²) in [6.07, 6.45) is -4.80. The Morgan fingerprint density at radius 2 is 2.00 bits per heavy atom. The summed E-state index contributed by atoms with van der Waals surface area (Å²) in [5.74, 6) is -1.77. The standard InChI is InChI=1S/C16H19F3N4O3/c17-16(18,19)11-4-2-1-3-10(11)9-23-6-5-21-15(26)12(23)7-14(25)22-8-13(20)24/h1-4,12H,5-9H2,(H2,20,24)(H,21,26)(H,22,25)/t12-/m0/s1. The molecule has 1 aromatic carbocycles. The van der Waals surface area contributed by atoms with Crippen molar-refractivity contribution >= 4 is 17.7 Å². The molecule has 0 radical (unpaired) electrons. The average molecular weight is 372 g/mol. The number of carbonyl (C=O) groups excluding carboxylic acids is 3. The van der Waals surface area contributed by atoms with Gasteiger partial charge in [-0.05, 0) is 11.6 Å². The van der Waals surface area contributed by atoms with Crippen molar-refractivity contribution in [3.05, 3.63) is 35.4 Å². The number of rotatable bonds is 6. The van der Waals surface area contributed by atoms with Crippen LogP contribution in [0.4, 0.5) is 13.2 Å². The fraction of sp³-hybridized carbons (Fsp3) is 0.438. The molecule has 1 aromatic rings. The van der Waals surface area contributed by atoms with Crippen LogP contribution in [0, 0.1) is 0 Å². The lowest BCUT2D eigenvalue weighted by Gasteiger charge is -2.35. The van der Waals surface area contributed by atoms with Gasteiger partial charge in [0.2, 0.25) is 17.7 Å². The highest BCUT2D eigenvalue weighted by Crippen LogP contribution is 2.32. The van der Waals surface area contributed by atoms with Gasteiger partial charge in [-0.25, -0.2) is 0 Å². The van der Waals surface area contributed by atoms with Crippen LogP contribution < -0.4 is 16.4 Å². The molecular formula is C16H19F3N4O3. The smallest absolute Gasteiger partial charge is 0.368 e. The molecule has 1 heterocycles. The molecule has 0 unspecified atom stereocenters. The van der Waals surface area contributed by atoms with E-state index in [9.17, 15) is 27.6 Å². The van der Waals surface area contributed by atoms with E-state index in [1.165, 1.54) is 23.1 Å². The summed E-state index contributed by atoms with van der Waals surface area (Å²) in [6.45, 7) is 0.0685. The van der Waals surface area contributed by atoms with Gasteiger partial charge in [0.25, 0.3) is 0 Å². The number of carbonyl (C=O) groups is 3. The summed E-state index contributed by atoms with van der Waals surface area (Å²) >= 11 is 0. The summed E-state index contributed by atoms with van der Waals surface area (Å²) in [5, 5.41) is 4.86. The minimum absolute atomic E-state index is 0.0252. The third-order valence-corrected chi connectivity index (χ3v) is 3.98. The van der Waals surface area contributed by atoms with E-state index in [0.717, 1.165) is 6.07 Å². The average Bonchev–Trinajstić information content (AvgIpc) is 2.55. The molecule has 4 N–H and O–H groups in total. The molecule has 2 rings (SSSR count). The number of nitrogens with zero attached hydrogens (tertiary/aromatic N) is 1. The van der Waals surface area contributed by atoms with Crippen LogP contribution in [-0.2, 0) is 27.1 Å². The molecule has 1 aliphatic heterocycles. The molecule has 1 fully saturated rings. The van der Waals surface area contributed by atoms with Gasteiger partial charge in [0.15, 0.2) is 0 Å². The van der Waals surface area contributed by atoms with E-state index >= 15 is 0 Å². The lowest BCUT2D eigenvalue weighted by Crippen LogP contribution is -2.56. The first-order valence-electron chi connectivity index (χ1n) is 7.90. The van der Waals surface area contributed by atoms with Crippen molar-refractivity contribution in [2.45, 2.75) is 25.2 Å². The van der Waals surface area contributed by atoms with Crippen LogP contribution in [0.25, 0.3) is 0 Å². The van der Waals surface area contributed by atoms with Crippen LogP contribution in [-0.4, -0.2) is 48.3 Å². The molecule has 0 spiro atoms. The van der Waals surface area contributed by atoms with E-state index in [0.29, 0.717) is 6.54 Å². The Hall–Kier alpha value is -2.62. The van der Waals surface area contributed by atoms with Gasteiger partial charge in [0.05, 0.1) is 24.6 Å². The topological polar surface area (TPSA) is 105 Å². The molecular weight excluding hydrogens is 353 g/mol. The van der Waals surface area contributed by atoms with Gasteiger partial charge in [0, 0.05) is 19.6 Å². The molecule has 1 aliphatic rings. The van der Waals surface area contributed by atoms with Gasteiger partial charge in [-0.15, -0.1) is 0 Å². The minimum Gasteiger partial charge on any atom is -0.368 e. The molecule has 10 heteroatoms. The number of hydrogen-bond donors (Lipinski definition) is 3. The van der Waals surface area contributed by atoms with Gasteiger partial charge in [-0.1, -0.05) is 18.2 Å². The number of primary amides is 1. The Morgan fingerprint density at radius 3 is 2.65 bits per heavy atom. The Morgan fingerprint density at radius 1 is 1.31 bits per heavy atom. The van der Waals surface area contributed by atoms with Gasteiger partial charge in [-0.2, -0.15) is 13.2 Å². The predicted molar refractivity (Wildman–Crippen MR) is 85.5 cm³/mol. The van der Waals surface area contributed by atoms with Crippen LogP contribution in [0.2, 0.25) is 0 Å². The van der Waals surface area contributed by atoms with E-state index in [1.807, 2.05) is 0 Å². The summed E-state index contributed by atoms with van der Waals surface area (Å²) in [7, 11) is 0. The number of amides is 3. The van der Waals surface area contributed by atoms with Crippen LogP contribution in [0.5, 0.6) is 0 Å². The van der Waals surface area contributed by atoms with Crippen LogP contribution in [0.1, 0.15) is 17.5 Å². The number of alkyl halides is 3.